The molecule has 1 aromatic rings. The molecule has 2 amide bonds. The van der Waals surface area contributed by atoms with Crippen LogP contribution in [0.1, 0.15) is 31.4 Å². The van der Waals surface area contributed by atoms with Crippen molar-refractivity contribution in [2.24, 2.45) is 0 Å². The number of aliphatic carboxylic acids is 1. The first kappa shape index (κ1) is 18.4. The summed E-state index contributed by atoms with van der Waals surface area (Å²) in [5.74, 6) is -1.84. The first-order valence-electron chi connectivity index (χ1n) is 7.47. The Morgan fingerprint density at radius 1 is 1.33 bits per heavy atom. The highest BCUT2D eigenvalue weighted by Gasteiger charge is 2.44. The molecule has 2 atom stereocenters. The molecule has 1 aromatic carbocycles. The molecule has 0 aliphatic carbocycles. The lowest BCUT2D eigenvalue weighted by Gasteiger charge is -2.25. The maximum atomic E-state index is 12.4. The van der Waals surface area contributed by atoms with E-state index in [0.717, 1.165) is 10.0 Å². The van der Waals surface area contributed by atoms with Crippen molar-refractivity contribution in [1.29, 1.82) is 0 Å². The summed E-state index contributed by atoms with van der Waals surface area (Å²) in [5.41, 5.74) is -0.631. The zero-order chi connectivity index (χ0) is 17.7. The highest BCUT2D eigenvalue weighted by molar-refractivity contribution is 9.10. The Hall–Kier alpha value is -1.93. The van der Waals surface area contributed by atoms with Crippen LogP contribution in [0.2, 0.25) is 0 Å². The van der Waals surface area contributed by atoms with E-state index < -0.39 is 23.5 Å². The summed E-state index contributed by atoms with van der Waals surface area (Å²) < 4.78 is 6.00. The molecule has 2 unspecified atom stereocenters. The Morgan fingerprint density at radius 3 is 2.50 bits per heavy atom. The van der Waals surface area contributed by atoms with Crippen LogP contribution in [0.4, 0.5) is 0 Å². The number of hydrogen-bond donors (Lipinski definition) is 3. The van der Waals surface area contributed by atoms with Crippen LogP contribution >= 0.6 is 15.9 Å². The van der Waals surface area contributed by atoms with Gasteiger partial charge in [-0.25, -0.2) is 4.79 Å². The van der Waals surface area contributed by atoms with Crippen molar-refractivity contribution in [3.8, 4) is 0 Å². The molecule has 0 aromatic heterocycles. The van der Waals surface area contributed by atoms with Gasteiger partial charge in [-0.15, -0.1) is 0 Å². The second-order valence-corrected chi connectivity index (χ2v) is 6.66. The summed E-state index contributed by atoms with van der Waals surface area (Å²) in [6.45, 7) is 1.60. The van der Waals surface area contributed by atoms with Gasteiger partial charge >= 0.3 is 5.97 Å². The number of carboxylic acids is 1. The molecule has 0 bridgehead atoms. The number of hydrogen-bond acceptors (Lipinski definition) is 4. The number of halogens is 1. The third-order valence-corrected chi connectivity index (χ3v) is 4.38. The average Bonchev–Trinajstić information content (AvgIpc) is 2.96. The van der Waals surface area contributed by atoms with Gasteiger partial charge in [-0.1, -0.05) is 28.1 Å². The topological polar surface area (TPSA) is 105 Å². The van der Waals surface area contributed by atoms with Crippen molar-refractivity contribution < 1.29 is 24.2 Å². The van der Waals surface area contributed by atoms with Crippen LogP contribution in [0.5, 0.6) is 0 Å². The average molecular weight is 399 g/mol. The minimum absolute atomic E-state index is 0.0584. The Kier molecular flexibility index (Phi) is 5.95. The van der Waals surface area contributed by atoms with Crippen LogP contribution in [0.15, 0.2) is 28.7 Å². The Labute approximate surface area is 147 Å². The van der Waals surface area contributed by atoms with E-state index in [4.69, 9.17) is 4.74 Å². The number of carboxylic acid groups (broad SMARTS) is 1. The summed E-state index contributed by atoms with van der Waals surface area (Å²) >= 11 is 3.33. The van der Waals surface area contributed by atoms with Gasteiger partial charge in [-0.2, -0.15) is 0 Å². The first-order chi connectivity index (χ1) is 11.3. The molecule has 1 fully saturated rings. The zero-order valence-corrected chi connectivity index (χ0v) is 14.8. The van der Waals surface area contributed by atoms with E-state index in [1.165, 1.54) is 6.92 Å². The van der Waals surface area contributed by atoms with Gasteiger partial charge in [0.1, 0.15) is 0 Å². The predicted octanol–water partition coefficient (Wildman–Crippen LogP) is 1.38. The van der Waals surface area contributed by atoms with Gasteiger partial charge < -0.3 is 20.5 Å². The van der Waals surface area contributed by atoms with Crippen LogP contribution in [-0.2, 0) is 19.1 Å². The van der Waals surface area contributed by atoms with E-state index in [1.807, 2.05) is 12.1 Å². The van der Waals surface area contributed by atoms with Crippen LogP contribution in [0, 0.1) is 0 Å². The third-order valence-electron chi connectivity index (χ3n) is 3.85. The molecule has 0 saturated carbocycles. The lowest BCUT2D eigenvalue weighted by atomic mass is 9.97. The predicted molar refractivity (Wildman–Crippen MR) is 89.3 cm³/mol. The molecule has 3 N–H and O–H groups in total. The molecule has 0 spiro atoms. The SMILES string of the molecule is CC(=O)NC(CC(=O)NC1(C(=O)O)CCOC1)c1ccc(Br)cc1. The van der Waals surface area contributed by atoms with Gasteiger partial charge in [-0.3, -0.25) is 9.59 Å². The van der Waals surface area contributed by atoms with Crippen LogP contribution in [0.25, 0.3) is 0 Å². The third kappa shape index (κ3) is 4.55. The molecule has 24 heavy (non-hydrogen) atoms. The van der Waals surface area contributed by atoms with Gasteiger partial charge in [0.25, 0.3) is 0 Å². The molecule has 0 radical (unpaired) electrons. The smallest absolute Gasteiger partial charge is 0.331 e. The zero-order valence-electron chi connectivity index (χ0n) is 13.2. The van der Waals surface area contributed by atoms with Crippen LogP contribution in [0.3, 0.4) is 0 Å². The van der Waals surface area contributed by atoms with Gasteiger partial charge in [0, 0.05) is 24.4 Å². The van der Waals surface area contributed by atoms with Gasteiger partial charge in [0.05, 0.1) is 19.1 Å². The van der Waals surface area contributed by atoms with Crippen molar-refractivity contribution >= 4 is 33.7 Å². The molecule has 1 heterocycles. The Bertz CT molecular complexity index is 626. The number of carbonyl (C=O) groups is 3. The largest absolute Gasteiger partial charge is 0.479 e. The molecule has 1 aliphatic heterocycles. The van der Waals surface area contributed by atoms with E-state index in [9.17, 15) is 19.5 Å². The second kappa shape index (κ2) is 7.76. The Balaban J connectivity index is 2.10. The molecule has 1 saturated heterocycles. The molecular formula is C16H19BrN2O5. The first-order valence-corrected chi connectivity index (χ1v) is 8.26. The lowest BCUT2D eigenvalue weighted by Crippen LogP contribution is -2.55. The van der Waals surface area contributed by atoms with Gasteiger partial charge in [0.2, 0.25) is 11.8 Å². The Morgan fingerprint density at radius 2 is 2.00 bits per heavy atom. The molecule has 7 nitrogen and oxygen atoms in total. The molecule has 8 heteroatoms. The molecule has 130 valence electrons. The van der Waals surface area contributed by atoms with E-state index in [2.05, 4.69) is 26.6 Å². The minimum atomic E-state index is -1.39. The standard InChI is InChI=1S/C16H19BrN2O5/c1-10(20)18-13(11-2-4-12(17)5-3-11)8-14(21)19-16(15(22)23)6-7-24-9-16/h2-5,13H,6-9H2,1H3,(H,18,20)(H,19,21)(H,22,23). The van der Waals surface area contributed by atoms with E-state index >= 15 is 0 Å². The normalized spacial score (nSPS) is 21.1. The summed E-state index contributed by atoms with van der Waals surface area (Å²) in [4.78, 5) is 35.2. The van der Waals surface area contributed by atoms with Crippen molar-refractivity contribution in [2.75, 3.05) is 13.2 Å². The molecule has 2 rings (SSSR count). The summed E-state index contributed by atoms with van der Waals surface area (Å²) in [7, 11) is 0. The number of nitrogens with one attached hydrogen (secondary N) is 2. The maximum Gasteiger partial charge on any atom is 0.331 e. The summed E-state index contributed by atoms with van der Waals surface area (Å²) in [5, 5.41) is 14.6. The number of ether oxygens (including phenoxy) is 1. The van der Waals surface area contributed by atoms with Crippen LogP contribution < -0.4 is 10.6 Å². The minimum Gasteiger partial charge on any atom is -0.479 e. The van der Waals surface area contributed by atoms with Crippen LogP contribution in [-0.4, -0.2) is 41.6 Å². The molecule has 1 aliphatic rings. The number of amides is 2. The van der Waals surface area contributed by atoms with Crippen molar-refractivity contribution in [3.05, 3.63) is 34.3 Å². The molecular weight excluding hydrogens is 380 g/mol. The monoisotopic (exact) mass is 398 g/mol. The van der Waals surface area contributed by atoms with E-state index in [-0.39, 0.29) is 32.0 Å². The maximum absolute atomic E-state index is 12.4. The fourth-order valence-corrected chi connectivity index (χ4v) is 2.85. The summed E-state index contributed by atoms with van der Waals surface area (Å²) in [6, 6.07) is 6.67. The summed E-state index contributed by atoms with van der Waals surface area (Å²) in [6.07, 6.45) is 0.160. The van der Waals surface area contributed by atoms with Gasteiger partial charge in [-0.05, 0) is 17.7 Å². The van der Waals surface area contributed by atoms with Crippen molar-refractivity contribution in [2.45, 2.75) is 31.3 Å². The quantitative estimate of drug-likeness (QED) is 0.671. The van der Waals surface area contributed by atoms with Gasteiger partial charge in [0.15, 0.2) is 5.54 Å². The van der Waals surface area contributed by atoms with Crippen molar-refractivity contribution in [3.63, 3.8) is 0 Å². The number of rotatable bonds is 6. The lowest BCUT2D eigenvalue weighted by molar-refractivity contribution is -0.147. The highest BCUT2D eigenvalue weighted by Crippen LogP contribution is 2.22. The fourth-order valence-electron chi connectivity index (χ4n) is 2.58. The number of carbonyl (C=O) groups excluding carboxylic acids is 2. The van der Waals surface area contributed by atoms with Crippen molar-refractivity contribution in [1.82, 2.24) is 10.6 Å². The number of benzene rings is 1. The van der Waals surface area contributed by atoms with E-state index in [1.54, 1.807) is 12.1 Å². The second-order valence-electron chi connectivity index (χ2n) is 5.75. The fraction of sp³-hybridized carbons (Fsp3) is 0.438. The van der Waals surface area contributed by atoms with E-state index in [0.29, 0.717) is 0 Å². The highest BCUT2D eigenvalue weighted by atomic mass is 79.9.